The van der Waals surface area contributed by atoms with Gasteiger partial charge in [0.1, 0.15) is 5.82 Å². The van der Waals surface area contributed by atoms with Crippen LogP contribution in [0.2, 0.25) is 0 Å². The van der Waals surface area contributed by atoms with Gasteiger partial charge >= 0.3 is 6.18 Å². The number of rotatable bonds is 3. The monoisotopic (exact) mass is 484 g/mol. The lowest BCUT2D eigenvalue weighted by atomic mass is 9.96. The number of benzene rings is 1. The molecule has 178 valence electrons. The lowest BCUT2D eigenvalue weighted by Gasteiger charge is -2.43. The molecule has 0 bridgehead atoms. The van der Waals surface area contributed by atoms with Crippen molar-refractivity contribution in [1.29, 1.82) is 0 Å². The second-order valence-corrected chi connectivity index (χ2v) is 11.2. The molecule has 0 radical (unpaired) electrons. The van der Waals surface area contributed by atoms with Gasteiger partial charge in [0.05, 0.1) is 11.6 Å². The van der Waals surface area contributed by atoms with Crippen LogP contribution in [-0.4, -0.2) is 62.0 Å². The highest BCUT2D eigenvalue weighted by molar-refractivity contribution is 8.00. The standard InChI is InChI=1S/C22H24F4N4O2S/c1-33(32)10-6-15(7-11-33)20(31)30-9-8-29(14-19(30)17-4-2-3-5-18(17)23)21-27-12-16(13-28-21)22(24,25)26/h2-5,12-13,15,19H,1,6-11,14H2/t15?,19-,33?/m0/s1. The van der Waals surface area contributed by atoms with Gasteiger partial charge < -0.3 is 9.80 Å². The number of alkyl halides is 3. The van der Waals surface area contributed by atoms with Gasteiger partial charge in [-0.05, 0) is 34.3 Å². The predicted molar refractivity (Wildman–Crippen MR) is 118 cm³/mol. The molecule has 1 aromatic heterocycles. The Morgan fingerprint density at radius 1 is 1.09 bits per heavy atom. The lowest BCUT2D eigenvalue weighted by Crippen LogP contribution is -2.53. The van der Waals surface area contributed by atoms with Crippen molar-refractivity contribution in [3.8, 4) is 0 Å². The summed E-state index contributed by atoms with van der Waals surface area (Å²) in [5.41, 5.74) is -0.635. The highest BCUT2D eigenvalue weighted by Crippen LogP contribution is 2.33. The van der Waals surface area contributed by atoms with Crippen LogP contribution in [0.25, 0.3) is 0 Å². The molecule has 4 rings (SSSR count). The Balaban J connectivity index is 1.59. The molecule has 6 nitrogen and oxygen atoms in total. The number of piperazine rings is 1. The number of halogens is 4. The van der Waals surface area contributed by atoms with Crippen LogP contribution in [0, 0.1) is 11.7 Å². The predicted octanol–water partition coefficient (Wildman–Crippen LogP) is 3.15. The van der Waals surface area contributed by atoms with Crippen LogP contribution in [0.3, 0.4) is 0 Å². The zero-order valence-corrected chi connectivity index (χ0v) is 18.6. The molecule has 2 aromatic rings. The lowest BCUT2D eigenvalue weighted by molar-refractivity contribution is -0.139. The van der Waals surface area contributed by atoms with Crippen LogP contribution in [-0.2, 0) is 20.5 Å². The molecule has 33 heavy (non-hydrogen) atoms. The van der Waals surface area contributed by atoms with Crippen LogP contribution in [0.15, 0.2) is 36.7 Å². The molecule has 11 heteroatoms. The van der Waals surface area contributed by atoms with E-state index in [1.165, 1.54) is 6.07 Å². The van der Waals surface area contributed by atoms with Crippen LogP contribution < -0.4 is 4.90 Å². The third kappa shape index (κ3) is 5.13. The fraction of sp³-hybridized carbons (Fsp3) is 0.455. The van der Waals surface area contributed by atoms with Gasteiger partial charge in [0.25, 0.3) is 0 Å². The van der Waals surface area contributed by atoms with Gasteiger partial charge in [-0.2, -0.15) is 13.2 Å². The van der Waals surface area contributed by atoms with E-state index in [-0.39, 0.29) is 30.9 Å². The largest absolute Gasteiger partial charge is 0.419 e. The Kier molecular flexibility index (Phi) is 6.35. The van der Waals surface area contributed by atoms with E-state index >= 15 is 0 Å². The molecule has 0 unspecified atom stereocenters. The first-order valence-corrected chi connectivity index (χ1v) is 12.6. The molecule has 1 atom stereocenters. The summed E-state index contributed by atoms with van der Waals surface area (Å²) in [5, 5.41) is 0. The number of aromatic nitrogens is 2. The number of amides is 1. The summed E-state index contributed by atoms with van der Waals surface area (Å²) < 4.78 is 65.5. The highest BCUT2D eigenvalue weighted by atomic mass is 32.2. The molecule has 2 fully saturated rings. The normalized spacial score (nSPS) is 26.3. The first-order chi connectivity index (χ1) is 15.5. The second kappa shape index (κ2) is 8.92. The fourth-order valence-electron chi connectivity index (χ4n) is 4.31. The van der Waals surface area contributed by atoms with Crippen molar-refractivity contribution in [1.82, 2.24) is 14.9 Å². The average Bonchev–Trinajstić information content (AvgIpc) is 2.78. The number of nitrogens with zero attached hydrogens (tertiary/aromatic N) is 4. The zero-order chi connectivity index (χ0) is 23.8. The van der Waals surface area contributed by atoms with E-state index in [2.05, 4.69) is 15.8 Å². The number of carbonyl (C=O) groups excluding carboxylic acids is 1. The van der Waals surface area contributed by atoms with Gasteiger partial charge in [-0.15, -0.1) is 0 Å². The van der Waals surface area contributed by atoms with Crippen molar-refractivity contribution >= 4 is 27.2 Å². The maximum absolute atomic E-state index is 14.7. The van der Waals surface area contributed by atoms with E-state index in [0.29, 0.717) is 36.5 Å². The van der Waals surface area contributed by atoms with E-state index in [9.17, 15) is 26.6 Å². The first kappa shape index (κ1) is 23.5. The van der Waals surface area contributed by atoms with Crippen LogP contribution >= 0.6 is 0 Å². The minimum absolute atomic E-state index is 0.0888. The molecule has 2 aliphatic rings. The van der Waals surface area contributed by atoms with Gasteiger partial charge in [-0.3, -0.25) is 9.00 Å². The zero-order valence-electron chi connectivity index (χ0n) is 17.8. The minimum Gasteiger partial charge on any atom is -0.337 e. The molecule has 3 heterocycles. The summed E-state index contributed by atoms with van der Waals surface area (Å²) in [6.07, 6.45) is -2.18. The van der Waals surface area contributed by atoms with Gasteiger partial charge in [0.15, 0.2) is 0 Å². The van der Waals surface area contributed by atoms with Crippen molar-refractivity contribution in [3.63, 3.8) is 0 Å². The Hall–Kier alpha value is -2.69. The van der Waals surface area contributed by atoms with Crippen molar-refractivity contribution in [2.24, 2.45) is 5.92 Å². The molecule has 0 saturated carbocycles. The topological polar surface area (TPSA) is 66.4 Å². The summed E-state index contributed by atoms with van der Waals surface area (Å²) in [6.45, 7) is 0.663. The smallest absolute Gasteiger partial charge is 0.337 e. The quantitative estimate of drug-likeness (QED) is 0.495. The fourth-order valence-corrected chi connectivity index (χ4v) is 5.95. The van der Waals surface area contributed by atoms with E-state index in [4.69, 9.17) is 0 Å². The molecule has 1 aromatic carbocycles. The molecule has 0 spiro atoms. The van der Waals surface area contributed by atoms with Crippen molar-refractivity contribution in [2.75, 3.05) is 36.0 Å². The maximum atomic E-state index is 14.7. The number of carbonyl (C=O) groups is 1. The molecule has 0 aliphatic carbocycles. The van der Waals surface area contributed by atoms with Gasteiger partial charge in [-0.1, -0.05) is 18.2 Å². The molecule has 0 N–H and O–H groups in total. The maximum Gasteiger partial charge on any atom is 0.419 e. The summed E-state index contributed by atoms with van der Waals surface area (Å²) in [4.78, 5) is 24.4. The molecule has 2 aliphatic heterocycles. The molecule has 1 amide bonds. The van der Waals surface area contributed by atoms with Crippen LogP contribution in [0.5, 0.6) is 0 Å². The third-order valence-corrected chi connectivity index (χ3v) is 8.16. The Labute approximate surface area is 189 Å². The van der Waals surface area contributed by atoms with E-state index < -0.39 is 33.1 Å². The highest BCUT2D eigenvalue weighted by Gasteiger charge is 2.38. The Morgan fingerprint density at radius 2 is 1.73 bits per heavy atom. The van der Waals surface area contributed by atoms with Crippen LogP contribution in [0.4, 0.5) is 23.5 Å². The minimum atomic E-state index is -4.54. The van der Waals surface area contributed by atoms with E-state index in [0.717, 1.165) is 12.4 Å². The van der Waals surface area contributed by atoms with Gasteiger partial charge in [-0.25, -0.2) is 14.4 Å². The average molecular weight is 485 g/mol. The van der Waals surface area contributed by atoms with Crippen molar-refractivity contribution < 1.29 is 26.6 Å². The van der Waals surface area contributed by atoms with Gasteiger partial charge in [0.2, 0.25) is 11.9 Å². The Bertz CT molecular complexity index is 1110. The number of hydrogen-bond acceptors (Lipinski definition) is 5. The summed E-state index contributed by atoms with van der Waals surface area (Å²) in [6, 6.07) is 5.47. The second-order valence-electron chi connectivity index (χ2n) is 8.43. The first-order valence-electron chi connectivity index (χ1n) is 10.6. The SMILES string of the molecule is C=S1(=O)CCC(C(=O)N2CCN(c3ncc(C(F)(F)F)cn3)C[C@H]2c2ccccc2F)CC1. The summed E-state index contributed by atoms with van der Waals surface area (Å²) in [5.74, 6) is 3.67. The van der Waals surface area contributed by atoms with Crippen molar-refractivity contribution in [2.45, 2.75) is 25.1 Å². The van der Waals surface area contributed by atoms with Gasteiger partial charge in [0, 0.05) is 55.0 Å². The molecular weight excluding hydrogens is 460 g/mol. The Morgan fingerprint density at radius 3 is 2.33 bits per heavy atom. The van der Waals surface area contributed by atoms with Crippen molar-refractivity contribution in [3.05, 3.63) is 53.6 Å². The van der Waals surface area contributed by atoms with E-state index in [1.54, 1.807) is 28.0 Å². The number of anilines is 1. The molecular formula is C22H24F4N4O2S. The summed E-state index contributed by atoms with van der Waals surface area (Å²) in [7, 11) is -2.15. The van der Waals surface area contributed by atoms with E-state index in [1.807, 2.05) is 0 Å². The number of hydrogen-bond donors (Lipinski definition) is 0. The van der Waals surface area contributed by atoms with Crippen LogP contribution in [0.1, 0.15) is 30.0 Å². The molecule has 2 saturated heterocycles. The summed E-state index contributed by atoms with van der Waals surface area (Å²) >= 11 is 0. The third-order valence-electron chi connectivity index (χ3n) is 6.20.